The number of rotatable bonds is 4. The van der Waals surface area contributed by atoms with Crippen molar-refractivity contribution >= 4 is 12.4 Å². The molecule has 1 nitrogen and oxygen atoms in total. The van der Waals surface area contributed by atoms with Crippen LogP contribution < -0.4 is 5.32 Å². The number of halogens is 4. The van der Waals surface area contributed by atoms with Crippen LogP contribution in [0.2, 0.25) is 0 Å². The molecule has 0 heterocycles. The molecule has 0 radical (unpaired) electrons. The van der Waals surface area contributed by atoms with E-state index in [-0.39, 0.29) is 24.5 Å². The zero-order chi connectivity index (χ0) is 13.7. The first-order chi connectivity index (χ1) is 9.07. The summed E-state index contributed by atoms with van der Waals surface area (Å²) in [4.78, 5) is 0. The molecule has 0 aromatic heterocycles. The molecule has 0 unspecified atom stereocenters. The second-order valence-electron chi connectivity index (χ2n) is 4.24. The highest BCUT2D eigenvalue weighted by atomic mass is 35.5. The summed E-state index contributed by atoms with van der Waals surface area (Å²) in [6.45, 7) is 0.748. The van der Waals surface area contributed by atoms with E-state index in [4.69, 9.17) is 0 Å². The maximum absolute atomic E-state index is 12.8. The van der Waals surface area contributed by atoms with Gasteiger partial charge in [0.25, 0.3) is 0 Å². The van der Waals surface area contributed by atoms with E-state index in [1.807, 2.05) is 30.3 Å². The minimum Gasteiger partial charge on any atom is -0.309 e. The van der Waals surface area contributed by atoms with Crippen LogP contribution in [0, 0.1) is 0 Å². The van der Waals surface area contributed by atoms with Crippen molar-refractivity contribution < 1.29 is 13.2 Å². The van der Waals surface area contributed by atoms with Gasteiger partial charge < -0.3 is 5.32 Å². The summed E-state index contributed by atoms with van der Waals surface area (Å²) in [5, 5.41) is 3.03. The Bertz CT molecular complexity index is 526. The highest BCUT2D eigenvalue weighted by Crippen LogP contribution is 2.31. The van der Waals surface area contributed by atoms with Gasteiger partial charge in [0.2, 0.25) is 0 Å². The summed E-state index contributed by atoms with van der Waals surface area (Å²) >= 11 is 0. The molecule has 0 bridgehead atoms. The molecule has 0 aliphatic carbocycles. The first-order valence-corrected chi connectivity index (χ1v) is 5.97. The number of hydrogen-bond donors (Lipinski definition) is 1. The number of nitrogens with one attached hydrogen (secondary N) is 1. The molecular weight excluding hydrogens is 287 g/mol. The Morgan fingerprint density at radius 2 is 1.40 bits per heavy atom. The Kier molecular flexibility index (Phi) is 6.05. The largest absolute Gasteiger partial charge is 0.416 e. The van der Waals surface area contributed by atoms with Gasteiger partial charge in [-0.3, -0.25) is 0 Å². The summed E-state index contributed by atoms with van der Waals surface area (Å²) in [6, 6.07) is 15.2. The number of benzene rings is 2. The summed E-state index contributed by atoms with van der Waals surface area (Å²) in [5.74, 6) is 0. The van der Waals surface area contributed by atoms with Gasteiger partial charge in [-0.2, -0.15) is 13.2 Å². The average molecular weight is 302 g/mol. The predicted octanol–water partition coefficient (Wildman–Crippen LogP) is 4.42. The predicted molar refractivity (Wildman–Crippen MR) is 75.7 cm³/mol. The minimum absolute atomic E-state index is 0. The molecule has 0 saturated heterocycles. The lowest BCUT2D eigenvalue weighted by atomic mass is 10.1. The lowest BCUT2D eigenvalue weighted by molar-refractivity contribution is -0.138. The maximum Gasteiger partial charge on any atom is 0.416 e. The second kappa shape index (κ2) is 7.31. The molecule has 0 aliphatic rings. The van der Waals surface area contributed by atoms with Crippen molar-refractivity contribution in [3.05, 3.63) is 71.3 Å². The Morgan fingerprint density at radius 3 is 2.05 bits per heavy atom. The maximum atomic E-state index is 12.8. The minimum atomic E-state index is -4.30. The zero-order valence-electron chi connectivity index (χ0n) is 10.7. The van der Waals surface area contributed by atoms with E-state index in [2.05, 4.69) is 5.32 Å². The van der Waals surface area contributed by atoms with E-state index in [1.54, 1.807) is 6.07 Å². The van der Waals surface area contributed by atoms with Gasteiger partial charge in [-0.15, -0.1) is 12.4 Å². The van der Waals surface area contributed by atoms with Crippen molar-refractivity contribution in [3.63, 3.8) is 0 Å². The average Bonchev–Trinajstić information content (AvgIpc) is 2.39. The van der Waals surface area contributed by atoms with Gasteiger partial charge in [-0.25, -0.2) is 0 Å². The second-order valence-corrected chi connectivity index (χ2v) is 4.24. The Labute approximate surface area is 122 Å². The molecule has 0 fully saturated rings. The third kappa shape index (κ3) is 4.54. The first kappa shape index (κ1) is 16.5. The Balaban J connectivity index is 0.00000200. The lowest BCUT2D eigenvalue weighted by Gasteiger charge is -2.13. The van der Waals surface area contributed by atoms with E-state index in [0.29, 0.717) is 6.54 Å². The van der Waals surface area contributed by atoms with Crippen molar-refractivity contribution in [2.45, 2.75) is 19.3 Å². The molecule has 0 spiro atoms. The van der Waals surface area contributed by atoms with Crippen LogP contribution in [0.4, 0.5) is 13.2 Å². The molecule has 0 amide bonds. The van der Waals surface area contributed by atoms with Crippen molar-refractivity contribution in [1.29, 1.82) is 0 Å². The van der Waals surface area contributed by atoms with Crippen molar-refractivity contribution in [2.75, 3.05) is 0 Å². The van der Waals surface area contributed by atoms with Gasteiger partial charge in [-0.05, 0) is 17.2 Å². The van der Waals surface area contributed by atoms with Crippen LogP contribution in [0.1, 0.15) is 16.7 Å². The third-order valence-electron chi connectivity index (χ3n) is 2.81. The molecule has 1 N–H and O–H groups in total. The summed E-state index contributed by atoms with van der Waals surface area (Å²) in [6.07, 6.45) is -4.30. The zero-order valence-corrected chi connectivity index (χ0v) is 11.5. The van der Waals surface area contributed by atoms with Gasteiger partial charge in [-0.1, -0.05) is 48.5 Å². The van der Waals surface area contributed by atoms with Crippen molar-refractivity contribution in [3.8, 4) is 0 Å². The van der Waals surface area contributed by atoms with Crippen LogP contribution in [0.25, 0.3) is 0 Å². The van der Waals surface area contributed by atoms with Gasteiger partial charge in [0.1, 0.15) is 0 Å². The van der Waals surface area contributed by atoms with Gasteiger partial charge in [0.15, 0.2) is 0 Å². The standard InChI is InChI=1S/C15H14F3N.ClH/c16-15(17,18)14-9-5-4-8-13(14)11-19-10-12-6-2-1-3-7-12;/h1-9,19H,10-11H2;1H. The molecule has 0 saturated carbocycles. The molecular formula is C15H15ClF3N. The lowest BCUT2D eigenvalue weighted by Crippen LogP contribution is -2.17. The van der Waals surface area contributed by atoms with Crippen LogP contribution in [-0.2, 0) is 19.3 Å². The Morgan fingerprint density at radius 1 is 0.800 bits per heavy atom. The summed E-state index contributed by atoms with van der Waals surface area (Å²) in [7, 11) is 0. The van der Waals surface area contributed by atoms with Gasteiger partial charge in [0, 0.05) is 13.1 Å². The van der Waals surface area contributed by atoms with Crippen LogP contribution in [0.3, 0.4) is 0 Å². The molecule has 108 valence electrons. The SMILES string of the molecule is Cl.FC(F)(F)c1ccccc1CNCc1ccccc1. The van der Waals surface area contributed by atoms with Crippen molar-refractivity contribution in [2.24, 2.45) is 0 Å². The molecule has 2 aromatic rings. The molecule has 2 rings (SSSR count). The highest BCUT2D eigenvalue weighted by molar-refractivity contribution is 5.85. The van der Waals surface area contributed by atoms with E-state index >= 15 is 0 Å². The fourth-order valence-corrected chi connectivity index (χ4v) is 1.89. The van der Waals surface area contributed by atoms with Crippen LogP contribution >= 0.6 is 12.4 Å². The van der Waals surface area contributed by atoms with Crippen LogP contribution in [0.15, 0.2) is 54.6 Å². The van der Waals surface area contributed by atoms with E-state index in [9.17, 15) is 13.2 Å². The topological polar surface area (TPSA) is 12.0 Å². The van der Waals surface area contributed by atoms with Gasteiger partial charge in [0.05, 0.1) is 5.56 Å². The van der Waals surface area contributed by atoms with Crippen molar-refractivity contribution in [1.82, 2.24) is 5.32 Å². The summed E-state index contributed by atoms with van der Waals surface area (Å²) in [5.41, 5.74) is 0.744. The highest BCUT2D eigenvalue weighted by Gasteiger charge is 2.32. The van der Waals surface area contributed by atoms with E-state index in [0.717, 1.165) is 11.6 Å². The summed E-state index contributed by atoms with van der Waals surface area (Å²) < 4.78 is 38.3. The normalized spacial score (nSPS) is 10.9. The smallest absolute Gasteiger partial charge is 0.309 e. The fourth-order valence-electron chi connectivity index (χ4n) is 1.89. The number of alkyl halides is 3. The number of hydrogen-bond acceptors (Lipinski definition) is 1. The first-order valence-electron chi connectivity index (χ1n) is 5.97. The molecule has 0 aliphatic heterocycles. The van der Waals surface area contributed by atoms with E-state index in [1.165, 1.54) is 12.1 Å². The molecule has 20 heavy (non-hydrogen) atoms. The quantitative estimate of drug-likeness (QED) is 0.881. The Hall–Kier alpha value is -1.52. The monoisotopic (exact) mass is 301 g/mol. The third-order valence-corrected chi connectivity index (χ3v) is 2.81. The van der Waals surface area contributed by atoms with Crippen LogP contribution in [-0.4, -0.2) is 0 Å². The molecule has 5 heteroatoms. The molecule has 2 aromatic carbocycles. The fraction of sp³-hybridized carbons (Fsp3) is 0.200. The van der Waals surface area contributed by atoms with Gasteiger partial charge >= 0.3 is 6.18 Å². The van der Waals surface area contributed by atoms with Crippen LogP contribution in [0.5, 0.6) is 0 Å². The van der Waals surface area contributed by atoms with E-state index < -0.39 is 11.7 Å². The molecule has 0 atom stereocenters.